The zero-order valence-corrected chi connectivity index (χ0v) is 52.8. The van der Waals surface area contributed by atoms with Crippen molar-refractivity contribution >= 4 is 5.91 Å². The third kappa shape index (κ3) is 65.3. The van der Waals surface area contributed by atoms with Crippen LogP contribution in [0.25, 0.3) is 0 Å². The Labute approximate surface area is 484 Å². The maximum atomic E-state index is 12.5. The van der Waals surface area contributed by atoms with Gasteiger partial charge in [0.25, 0.3) is 0 Å². The second-order valence-corrected chi connectivity index (χ2v) is 24.6. The number of rotatable bonds is 67. The third-order valence-corrected chi connectivity index (χ3v) is 16.9. The van der Waals surface area contributed by atoms with Gasteiger partial charge in [-0.2, -0.15) is 0 Å². The second-order valence-electron chi connectivity index (χ2n) is 24.6. The number of nitrogens with one attached hydrogen (secondary N) is 1. The van der Waals surface area contributed by atoms with Crippen LogP contribution in [0.5, 0.6) is 0 Å². The van der Waals surface area contributed by atoms with E-state index in [1.807, 2.05) is 6.08 Å². The van der Waals surface area contributed by atoms with Gasteiger partial charge in [0.15, 0.2) is 0 Å². The van der Waals surface area contributed by atoms with E-state index in [4.69, 9.17) is 0 Å². The maximum absolute atomic E-state index is 12.5. The lowest BCUT2D eigenvalue weighted by Gasteiger charge is -2.19. The van der Waals surface area contributed by atoms with Crippen molar-refractivity contribution in [3.05, 3.63) is 36.5 Å². The lowest BCUT2D eigenvalue weighted by molar-refractivity contribution is -0.123. The fourth-order valence-corrected chi connectivity index (χ4v) is 11.5. The number of unbranched alkanes of at least 4 members (excludes halogenated alkanes) is 56. The zero-order chi connectivity index (χ0) is 55.5. The minimum atomic E-state index is -0.870. The van der Waals surface area contributed by atoms with E-state index in [0.29, 0.717) is 6.42 Å². The monoisotopic (exact) mass is 1080 g/mol. The minimum Gasteiger partial charge on any atom is -0.394 e. The lowest BCUT2D eigenvalue weighted by atomic mass is 10.0. The van der Waals surface area contributed by atoms with Crippen LogP contribution in [0.15, 0.2) is 36.5 Å². The van der Waals surface area contributed by atoms with Gasteiger partial charge in [-0.15, -0.1) is 0 Å². The number of amides is 1. The van der Waals surface area contributed by atoms with Crippen molar-refractivity contribution in [3.63, 3.8) is 0 Å². The van der Waals surface area contributed by atoms with E-state index >= 15 is 0 Å². The summed E-state index contributed by atoms with van der Waals surface area (Å²) in [6.45, 7) is 4.34. The van der Waals surface area contributed by atoms with Crippen molar-refractivity contribution in [1.29, 1.82) is 0 Å². The molecule has 77 heavy (non-hydrogen) atoms. The Bertz CT molecular complexity index is 1180. The van der Waals surface area contributed by atoms with E-state index in [-0.39, 0.29) is 12.5 Å². The molecule has 0 aliphatic heterocycles. The SMILES string of the molecule is CCCCCCCCCCCCCCCCC/C=C/CC/C=C/CC/C=C/C(O)C(CO)NC(=O)CCCCCCCCCCCCCCCCCCCCCCCCCCCCCCCCCCCCCCCCCC. The van der Waals surface area contributed by atoms with Crippen molar-refractivity contribution < 1.29 is 15.0 Å². The Morgan fingerprint density at radius 3 is 0.753 bits per heavy atom. The maximum Gasteiger partial charge on any atom is 0.220 e. The average Bonchev–Trinajstić information content (AvgIpc) is 3.43. The largest absolute Gasteiger partial charge is 0.394 e. The number of aliphatic hydroxyl groups is 2. The third-order valence-electron chi connectivity index (χ3n) is 16.9. The molecule has 0 aliphatic carbocycles. The normalized spacial score (nSPS) is 12.8. The summed E-state index contributed by atoms with van der Waals surface area (Å²) >= 11 is 0. The number of carbonyl (C=O) groups is 1. The molecule has 0 saturated carbocycles. The molecule has 0 aromatic rings. The zero-order valence-electron chi connectivity index (χ0n) is 52.8. The van der Waals surface area contributed by atoms with Crippen LogP contribution in [-0.4, -0.2) is 34.9 Å². The van der Waals surface area contributed by atoms with Crippen LogP contribution in [0, 0.1) is 0 Å². The van der Waals surface area contributed by atoms with Crippen LogP contribution in [0.2, 0.25) is 0 Å². The molecular formula is C73H141NO3. The molecule has 4 heteroatoms. The van der Waals surface area contributed by atoms with Gasteiger partial charge in [0.2, 0.25) is 5.91 Å². The molecule has 0 aliphatic rings. The van der Waals surface area contributed by atoms with E-state index in [0.717, 1.165) is 38.5 Å². The summed E-state index contributed by atoms with van der Waals surface area (Å²) in [5.41, 5.74) is 0. The number of carbonyl (C=O) groups excluding carboxylic acids is 1. The Morgan fingerprint density at radius 2 is 0.506 bits per heavy atom. The molecule has 0 saturated heterocycles. The number of aliphatic hydroxyl groups excluding tert-OH is 2. The predicted octanol–water partition coefficient (Wildman–Crippen LogP) is 24.3. The summed E-state index contributed by atoms with van der Waals surface area (Å²) < 4.78 is 0. The Hall–Kier alpha value is -1.39. The van der Waals surface area contributed by atoms with Crippen molar-refractivity contribution in [3.8, 4) is 0 Å². The molecule has 0 rings (SSSR count). The summed E-state index contributed by atoms with van der Waals surface area (Å²) in [5.74, 6) is -0.0695. The van der Waals surface area contributed by atoms with Crippen molar-refractivity contribution in [2.75, 3.05) is 6.61 Å². The van der Waals surface area contributed by atoms with Gasteiger partial charge in [0, 0.05) is 6.42 Å². The van der Waals surface area contributed by atoms with Crippen LogP contribution in [0.3, 0.4) is 0 Å². The van der Waals surface area contributed by atoms with Crippen molar-refractivity contribution in [2.45, 2.75) is 418 Å². The molecule has 2 unspecified atom stereocenters. The van der Waals surface area contributed by atoms with Crippen molar-refractivity contribution in [1.82, 2.24) is 5.32 Å². The van der Waals surface area contributed by atoms with Gasteiger partial charge in [-0.05, 0) is 44.9 Å². The molecule has 456 valence electrons. The topological polar surface area (TPSA) is 69.6 Å². The molecule has 0 fully saturated rings. The standard InChI is InChI=1S/C73H141NO3/c1-3-5-7-9-11-13-15-17-19-21-23-25-27-29-30-31-32-33-34-35-36-37-38-39-40-41-42-43-45-47-49-51-53-55-57-59-61-63-65-67-69-73(77)74-71(70-75)72(76)68-66-64-62-60-58-56-54-52-50-48-46-44-28-26-24-22-20-18-16-14-12-10-8-6-4-2/h50,52,58,60,66,68,71-72,75-76H,3-49,51,53-57,59,61-65,67,69-70H2,1-2H3,(H,74,77)/b52-50+,60-58+,68-66+. The molecule has 4 nitrogen and oxygen atoms in total. The first kappa shape index (κ1) is 75.6. The summed E-state index contributed by atoms with van der Waals surface area (Å²) in [4.78, 5) is 12.5. The number of hydrogen-bond donors (Lipinski definition) is 3. The van der Waals surface area contributed by atoms with Gasteiger partial charge in [-0.1, -0.05) is 391 Å². The summed E-state index contributed by atoms with van der Waals surface area (Å²) in [6, 6.07) is -0.645. The van der Waals surface area contributed by atoms with Crippen LogP contribution >= 0.6 is 0 Å². The van der Waals surface area contributed by atoms with Gasteiger partial charge in [0.05, 0.1) is 18.8 Å². The quantitative estimate of drug-likeness (QED) is 0.0420. The van der Waals surface area contributed by atoms with E-state index in [9.17, 15) is 15.0 Å². The molecule has 1 amide bonds. The highest BCUT2D eigenvalue weighted by Gasteiger charge is 2.18. The van der Waals surface area contributed by atoms with E-state index < -0.39 is 12.1 Å². The molecular weight excluding hydrogens is 939 g/mol. The highest BCUT2D eigenvalue weighted by atomic mass is 16.3. The summed E-state index contributed by atoms with van der Waals surface area (Å²) in [6.07, 6.45) is 95.4. The molecule has 0 radical (unpaired) electrons. The van der Waals surface area contributed by atoms with Gasteiger partial charge in [-0.3, -0.25) is 4.79 Å². The molecule has 0 heterocycles. The summed E-state index contributed by atoms with van der Waals surface area (Å²) in [5, 5.41) is 23.2. The fourth-order valence-electron chi connectivity index (χ4n) is 11.5. The predicted molar refractivity (Wildman–Crippen MR) is 345 cm³/mol. The second kappa shape index (κ2) is 68.9. The molecule has 0 aromatic heterocycles. The van der Waals surface area contributed by atoms with Crippen LogP contribution in [0.1, 0.15) is 406 Å². The molecule has 3 N–H and O–H groups in total. The fraction of sp³-hybridized carbons (Fsp3) is 0.904. The van der Waals surface area contributed by atoms with Gasteiger partial charge in [-0.25, -0.2) is 0 Å². The van der Waals surface area contributed by atoms with Crippen LogP contribution < -0.4 is 5.32 Å². The first-order chi connectivity index (χ1) is 38.2. The first-order valence-electron chi connectivity index (χ1n) is 35.7. The van der Waals surface area contributed by atoms with Crippen molar-refractivity contribution in [2.24, 2.45) is 0 Å². The number of allylic oxidation sites excluding steroid dienone is 5. The van der Waals surface area contributed by atoms with E-state index in [2.05, 4.69) is 43.5 Å². The van der Waals surface area contributed by atoms with Gasteiger partial charge >= 0.3 is 0 Å². The Kier molecular flexibility index (Phi) is 67.6. The smallest absolute Gasteiger partial charge is 0.220 e. The first-order valence-corrected chi connectivity index (χ1v) is 35.7. The highest BCUT2D eigenvalue weighted by Crippen LogP contribution is 2.19. The molecule has 2 atom stereocenters. The van der Waals surface area contributed by atoms with Crippen LogP contribution in [-0.2, 0) is 4.79 Å². The Balaban J connectivity index is 3.41. The molecule has 0 aromatic carbocycles. The Morgan fingerprint density at radius 1 is 0.299 bits per heavy atom. The van der Waals surface area contributed by atoms with Crippen LogP contribution in [0.4, 0.5) is 0 Å². The summed E-state index contributed by atoms with van der Waals surface area (Å²) in [7, 11) is 0. The number of hydrogen-bond acceptors (Lipinski definition) is 3. The minimum absolute atomic E-state index is 0.0695. The van der Waals surface area contributed by atoms with E-state index in [1.54, 1.807) is 6.08 Å². The molecule has 0 spiro atoms. The molecule has 0 bridgehead atoms. The van der Waals surface area contributed by atoms with Gasteiger partial charge < -0.3 is 15.5 Å². The average molecular weight is 1080 g/mol. The van der Waals surface area contributed by atoms with E-state index in [1.165, 1.54) is 347 Å². The lowest BCUT2D eigenvalue weighted by Crippen LogP contribution is -2.45. The highest BCUT2D eigenvalue weighted by molar-refractivity contribution is 5.76. The van der Waals surface area contributed by atoms with Gasteiger partial charge in [0.1, 0.15) is 0 Å².